The van der Waals surface area contributed by atoms with E-state index in [-0.39, 0.29) is 5.41 Å². The quantitative estimate of drug-likeness (QED) is 0.594. The van der Waals surface area contributed by atoms with Crippen LogP contribution in [-0.4, -0.2) is 19.5 Å². The van der Waals surface area contributed by atoms with Crippen LogP contribution in [0.4, 0.5) is 10.5 Å². The molecular weight excluding hydrogens is 238 g/mol. The fraction of sp³-hybridized carbons (Fsp3) is 0.462. The van der Waals surface area contributed by atoms with Crippen molar-refractivity contribution in [2.45, 2.75) is 26.2 Å². The molecule has 17 heavy (non-hydrogen) atoms. The lowest BCUT2D eigenvalue weighted by atomic mass is 9.86. The first-order valence-electron chi connectivity index (χ1n) is 5.39. The van der Waals surface area contributed by atoms with Crippen molar-refractivity contribution in [1.82, 2.24) is 0 Å². The summed E-state index contributed by atoms with van der Waals surface area (Å²) in [6.45, 7) is 6.28. The van der Waals surface area contributed by atoms with Crippen molar-refractivity contribution >= 4 is 22.7 Å². The molecule has 0 N–H and O–H groups in total. The van der Waals surface area contributed by atoms with E-state index in [2.05, 4.69) is 20.8 Å². The van der Waals surface area contributed by atoms with Gasteiger partial charge in [0.05, 0.1) is 7.11 Å². The lowest BCUT2D eigenvalue weighted by molar-refractivity contribution is 0.265. The second-order valence-corrected chi connectivity index (χ2v) is 5.27. The molecule has 4 heteroatoms. The van der Waals surface area contributed by atoms with Gasteiger partial charge in [0.25, 0.3) is 0 Å². The maximum Gasteiger partial charge on any atom is 0.320 e. The van der Waals surface area contributed by atoms with E-state index in [0.29, 0.717) is 0 Å². The minimum absolute atomic E-state index is 0.0580. The van der Waals surface area contributed by atoms with E-state index >= 15 is 0 Å². The number of ether oxygens (including phenoxy) is 1. The van der Waals surface area contributed by atoms with E-state index in [4.69, 9.17) is 16.3 Å². The molecule has 0 spiro atoms. The van der Waals surface area contributed by atoms with E-state index in [1.165, 1.54) is 4.90 Å². The molecule has 0 bridgehead atoms. The van der Waals surface area contributed by atoms with Gasteiger partial charge in [0.1, 0.15) is 5.75 Å². The van der Waals surface area contributed by atoms with Gasteiger partial charge in [0.15, 0.2) is 0 Å². The molecule has 0 radical (unpaired) electrons. The summed E-state index contributed by atoms with van der Waals surface area (Å²) in [7, 11) is 3.28. The highest BCUT2D eigenvalue weighted by Gasteiger charge is 2.20. The van der Waals surface area contributed by atoms with E-state index in [1.54, 1.807) is 14.2 Å². The monoisotopic (exact) mass is 255 g/mol. The Morgan fingerprint density at radius 1 is 1.35 bits per heavy atom. The fourth-order valence-electron chi connectivity index (χ4n) is 1.59. The predicted molar refractivity (Wildman–Crippen MR) is 71.3 cm³/mol. The summed E-state index contributed by atoms with van der Waals surface area (Å²) in [5.74, 6) is 0.816. The molecular formula is C13H18ClNO2. The maximum absolute atomic E-state index is 11.1. The molecule has 1 aromatic rings. The largest absolute Gasteiger partial charge is 0.496 e. The van der Waals surface area contributed by atoms with Crippen LogP contribution in [0.15, 0.2) is 18.2 Å². The zero-order valence-electron chi connectivity index (χ0n) is 10.9. The Labute approximate surface area is 107 Å². The first kappa shape index (κ1) is 13.8. The van der Waals surface area contributed by atoms with Crippen LogP contribution in [0.2, 0.25) is 0 Å². The minimum atomic E-state index is -0.505. The van der Waals surface area contributed by atoms with Crippen LogP contribution < -0.4 is 9.64 Å². The molecule has 0 unspecified atom stereocenters. The van der Waals surface area contributed by atoms with Gasteiger partial charge in [-0.05, 0) is 35.2 Å². The Hall–Kier alpha value is -1.22. The summed E-state index contributed by atoms with van der Waals surface area (Å²) in [5.41, 5.74) is 1.75. The Bertz CT molecular complexity index is 424. The molecule has 0 aliphatic rings. The number of carbonyl (C=O) groups excluding carboxylic acids is 1. The van der Waals surface area contributed by atoms with Crippen LogP contribution in [0.1, 0.15) is 26.3 Å². The standard InChI is InChI=1S/C13H18ClNO2/c1-13(2,3)10-8-9(15(4)12(14)16)6-7-11(10)17-5/h6-8H,1-5H3. The SMILES string of the molecule is COc1ccc(N(C)C(=O)Cl)cc1C(C)(C)C. The molecule has 0 aliphatic heterocycles. The summed E-state index contributed by atoms with van der Waals surface area (Å²) >= 11 is 5.46. The number of carbonyl (C=O) groups is 1. The number of nitrogens with zero attached hydrogens (tertiary/aromatic N) is 1. The van der Waals surface area contributed by atoms with Crippen LogP contribution in [0.5, 0.6) is 5.75 Å². The molecule has 0 saturated heterocycles. The number of methoxy groups -OCH3 is 1. The van der Waals surface area contributed by atoms with E-state index in [9.17, 15) is 4.79 Å². The summed E-state index contributed by atoms with van der Waals surface area (Å²) < 4.78 is 5.33. The molecule has 0 aromatic heterocycles. The number of rotatable bonds is 2. The van der Waals surface area contributed by atoms with Gasteiger partial charge in [0.2, 0.25) is 0 Å². The number of hydrogen-bond donors (Lipinski definition) is 0. The average molecular weight is 256 g/mol. The van der Waals surface area contributed by atoms with E-state index in [0.717, 1.165) is 17.0 Å². The summed E-state index contributed by atoms with van der Waals surface area (Å²) in [4.78, 5) is 12.5. The van der Waals surface area contributed by atoms with Gasteiger partial charge in [-0.1, -0.05) is 20.8 Å². The third kappa shape index (κ3) is 3.13. The maximum atomic E-state index is 11.1. The molecule has 3 nitrogen and oxygen atoms in total. The molecule has 1 aromatic carbocycles. The highest BCUT2D eigenvalue weighted by atomic mass is 35.5. The number of halogens is 1. The van der Waals surface area contributed by atoms with Gasteiger partial charge in [-0.25, -0.2) is 0 Å². The van der Waals surface area contributed by atoms with Crippen molar-refractivity contribution in [3.05, 3.63) is 23.8 Å². The van der Waals surface area contributed by atoms with Crippen LogP contribution in [-0.2, 0) is 5.41 Å². The second-order valence-electron chi connectivity index (χ2n) is 4.95. The second kappa shape index (κ2) is 4.96. The number of benzene rings is 1. The van der Waals surface area contributed by atoms with E-state index in [1.807, 2.05) is 18.2 Å². The average Bonchev–Trinajstić information content (AvgIpc) is 2.25. The van der Waals surface area contributed by atoms with Crippen molar-refractivity contribution in [3.8, 4) is 5.75 Å². The van der Waals surface area contributed by atoms with Gasteiger partial charge in [0, 0.05) is 18.3 Å². The minimum Gasteiger partial charge on any atom is -0.496 e. The van der Waals surface area contributed by atoms with Gasteiger partial charge < -0.3 is 9.64 Å². The highest BCUT2D eigenvalue weighted by Crippen LogP contribution is 2.34. The molecule has 0 atom stereocenters. The summed E-state index contributed by atoms with van der Waals surface area (Å²) in [6.07, 6.45) is 0. The van der Waals surface area contributed by atoms with Crippen LogP contribution >= 0.6 is 11.6 Å². The molecule has 0 fully saturated rings. The molecule has 94 valence electrons. The van der Waals surface area contributed by atoms with Crippen molar-refractivity contribution in [2.24, 2.45) is 0 Å². The fourth-order valence-corrected chi connectivity index (χ4v) is 1.69. The zero-order valence-corrected chi connectivity index (χ0v) is 11.6. The molecule has 1 amide bonds. The Morgan fingerprint density at radius 2 is 1.94 bits per heavy atom. The van der Waals surface area contributed by atoms with Crippen molar-refractivity contribution in [3.63, 3.8) is 0 Å². The van der Waals surface area contributed by atoms with Crippen LogP contribution in [0.3, 0.4) is 0 Å². The zero-order chi connectivity index (χ0) is 13.2. The summed E-state index contributed by atoms with van der Waals surface area (Å²) in [6, 6.07) is 5.60. The number of amides is 1. The first-order chi connectivity index (χ1) is 7.77. The topological polar surface area (TPSA) is 29.5 Å². The molecule has 0 saturated carbocycles. The third-order valence-electron chi connectivity index (χ3n) is 2.64. The Kier molecular flexibility index (Phi) is 4.04. The Morgan fingerprint density at radius 3 is 2.35 bits per heavy atom. The molecule has 0 heterocycles. The number of anilines is 1. The normalized spacial score (nSPS) is 11.2. The van der Waals surface area contributed by atoms with Gasteiger partial charge in [-0.2, -0.15) is 0 Å². The molecule has 1 rings (SSSR count). The van der Waals surface area contributed by atoms with Gasteiger partial charge in [-0.15, -0.1) is 0 Å². The predicted octanol–water partition coefficient (Wildman–Crippen LogP) is 3.79. The first-order valence-corrected chi connectivity index (χ1v) is 5.77. The highest BCUT2D eigenvalue weighted by molar-refractivity contribution is 6.66. The van der Waals surface area contributed by atoms with Crippen molar-refractivity contribution in [1.29, 1.82) is 0 Å². The van der Waals surface area contributed by atoms with Gasteiger partial charge in [-0.3, -0.25) is 4.79 Å². The third-order valence-corrected chi connectivity index (χ3v) is 2.90. The number of hydrogen-bond acceptors (Lipinski definition) is 2. The van der Waals surface area contributed by atoms with Crippen LogP contribution in [0.25, 0.3) is 0 Å². The molecule has 0 aliphatic carbocycles. The lowest BCUT2D eigenvalue weighted by Gasteiger charge is -2.24. The van der Waals surface area contributed by atoms with Gasteiger partial charge >= 0.3 is 5.37 Å². The van der Waals surface area contributed by atoms with Crippen molar-refractivity contribution < 1.29 is 9.53 Å². The van der Waals surface area contributed by atoms with E-state index < -0.39 is 5.37 Å². The smallest absolute Gasteiger partial charge is 0.320 e. The van der Waals surface area contributed by atoms with Crippen LogP contribution in [0, 0.1) is 0 Å². The summed E-state index contributed by atoms with van der Waals surface area (Å²) in [5, 5.41) is -0.505. The lowest BCUT2D eigenvalue weighted by Crippen LogP contribution is -2.21. The van der Waals surface area contributed by atoms with Crippen molar-refractivity contribution in [2.75, 3.05) is 19.1 Å². The Balaban J connectivity index is 3.27.